The molecule has 1 saturated heterocycles. The molecule has 0 amide bonds. The molecule has 112 valence electrons. The van der Waals surface area contributed by atoms with E-state index in [9.17, 15) is 8.42 Å². The van der Waals surface area contributed by atoms with E-state index in [2.05, 4.69) is 0 Å². The van der Waals surface area contributed by atoms with E-state index in [0.29, 0.717) is 26.1 Å². The lowest BCUT2D eigenvalue weighted by Gasteiger charge is -2.27. The first kappa shape index (κ1) is 15.3. The summed E-state index contributed by atoms with van der Waals surface area (Å²) in [6.07, 6.45) is 1.86. The van der Waals surface area contributed by atoms with E-state index in [-0.39, 0.29) is 0 Å². The number of aryl methyl sites for hydroxylation is 1. The van der Waals surface area contributed by atoms with Gasteiger partial charge < -0.3 is 9.47 Å². The van der Waals surface area contributed by atoms with Crippen molar-refractivity contribution in [3.8, 4) is 5.75 Å². The highest BCUT2D eigenvalue weighted by Gasteiger charge is 2.42. The molecule has 5 nitrogen and oxygen atoms in total. The summed E-state index contributed by atoms with van der Waals surface area (Å²) in [6, 6.07) is 7.77. The standard InChI is InChI=1S/C14H21NO4S/c1-12-4-6-13(7-5-12)19-11-14(18-2)8-9-15(10-14)20(3,16)17/h4-7H,8-11H2,1-3H3/t14-/m1/s1. The van der Waals surface area contributed by atoms with Crippen LogP contribution in [0.15, 0.2) is 24.3 Å². The van der Waals surface area contributed by atoms with E-state index < -0.39 is 15.6 Å². The Bertz CT molecular complexity index is 555. The lowest BCUT2D eigenvalue weighted by molar-refractivity contribution is -0.0317. The maximum Gasteiger partial charge on any atom is 0.211 e. The van der Waals surface area contributed by atoms with Gasteiger partial charge in [-0.25, -0.2) is 8.42 Å². The van der Waals surface area contributed by atoms with Crippen molar-refractivity contribution in [1.29, 1.82) is 0 Å². The Morgan fingerprint density at radius 3 is 2.45 bits per heavy atom. The van der Waals surface area contributed by atoms with Crippen LogP contribution in [-0.2, 0) is 14.8 Å². The van der Waals surface area contributed by atoms with Crippen molar-refractivity contribution in [3.05, 3.63) is 29.8 Å². The molecule has 1 aliphatic heterocycles. The second kappa shape index (κ2) is 5.71. The van der Waals surface area contributed by atoms with Gasteiger partial charge in [0.2, 0.25) is 10.0 Å². The third-order valence-corrected chi connectivity index (χ3v) is 4.96. The third-order valence-electron chi connectivity index (χ3n) is 3.71. The first-order valence-corrected chi connectivity index (χ1v) is 8.39. The summed E-state index contributed by atoms with van der Waals surface area (Å²) in [6.45, 7) is 3.18. The minimum atomic E-state index is -3.17. The van der Waals surface area contributed by atoms with Crippen molar-refractivity contribution >= 4 is 10.0 Å². The van der Waals surface area contributed by atoms with Gasteiger partial charge in [0, 0.05) is 20.2 Å². The first-order chi connectivity index (χ1) is 9.35. The van der Waals surface area contributed by atoms with Crippen LogP contribution >= 0.6 is 0 Å². The largest absolute Gasteiger partial charge is 0.491 e. The number of ether oxygens (including phenoxy) is 2. The molecule has 20 heavy (non-hydrogen) atoms. The van der Waals surface area contributed by atoms with Crippen molar-refractivity contribution in [2.24, 2.45) is 0 Å². The average Bonchev–Trinajstić information content (AvgIpc) is 2.83. The van der Waals surface area contributed by atoms with Crippen LogP contribution in [0, 0.1) is 6.92 Å². The van der Waals surface area contributed by atoms with E-state index in [4.69, 9.17) is 9.47 Å². The molecule has 0 spiro atoms. The maximum absolute atomic E-state index is 11.6. The first-order valence-electron chi connectivity index (χ1n) is 6.54. The van der Waals surface area contributed by atoms with Crippen LogP contribution in [0.25, 0.3) is 0 Å². The van der Waals surface area contributed by atoms with Gasteiger partial charge in [-0.3, -0.25) is 0 Å². The average molecular weight is 299 g/mol. The summed E-state index contributed by atoms with van der Waals surface area (Å²) in [7, 11) is -1.57. The third kappa shape index (κ3) is 3.50. The van der Waals surface area contributed by atoms with Crippen LogP contribution in [-0.4, -0.2) is 51.4 Å². The molecule has 6 heteroatoms. The molecule has 0 aromatic heterocycles. The van der Waals surface area contributed by atoms with Crippen LogP contribution in [0.5, 0.6) is 5.75 Å². The SMILES string of the molecule is CO[C@]1(COc2ccc(C)cc2)CCN(S(C)(=O)=O)C1. The van der Waals surface area contributed by atoms with Crippen molar-refractivity contribution in [3.63, 3.8) is 0 Å². The zero-order valence-corrected chi connectivity index (χ0v) is 12.9. The van der Waals surface area contributed by atoms with Gasteiger partial charge in [0.05, 0.1) is 6.26 Å². The van der Waals surface area contributed by atoms with Crippen molar-refractivity contribution in [1.82, 2.24) is 4.31 Å². The molecule has 0 bridgehead atoms. The monoisotopic (exact) mass is 299 g/mol. The second-order valence-corrected chi connectivity index (χ2v) is 7.32. The fourth-order valence-electron chi connectivity index (χ4n) is 2.28. The molecule has 0 radical (unpaired) electrons. The van der Waals surface area contributed by atoms with Crippen LogP contribution < -0.4 is 4.74 Å². The van der Waals surface area contributed by atoms with Gasteiger partial charge in [-0.2, -0.15) is 4.31 Å². The Hall–Kier alpha value is -1.11. The van der Waals surface area contributed by atoms with Crippen LogP contribution in [0.2, 0.25) is 0 Å². The summed E-state index contributed by atoms with van der Waals surface area (Å²) in [5.74, 6) is 0.768. The molecule has 0 aliphatic carbocycles. The molecule has 1 aliphatic rings. The Kier molecular flexibility index (Phi) is 4.36. The number of benzene rings is 1. The van der Waals surface area contributed by atoms with E-state index >= 15 is 0 Å². The number of nitrogens with zero attached hydrogens (tertiary/aromatic N) is 1. The van der Waals surface area contributed by atoms with E-state index in [1.165, 1.54) is 16.1 Å². The number of hydrogen-bond donors (Lipinski definition) is 0. The molecule has 1 heterocycles. The molecule has 1 aromatic rings. The predicted octanol–water partition coefficient (Wildman–Crippen LogP) is 1.42. The highest BCUT2D eigenvalue weighted by Crippen LogP contribution is 2.27. The lowest BCUT2D eigenvalue weighted by atomic mass is 10.1. The van der Waals surface area contributed by atoms with Gasteiger partial charge in [-0.15, -0.1) is 0 Å². The van der Waals surface area contributed by atoms with Gasteiger partial charge in [-0.05, 0) is 25.5 Å². The van der Waals surface area contributed by atoms with Crippen LogP contribution in [0.3, 0.4) is 0 Å². The summed E-state index contributed by atoms with van der Waals surface area (Å²) in [5, 5.41) is 0. The summed E-state index contributed by atoms with van der Waals surface area (Å²) < 4.78 is 35.9. The minimum Gasteiger partial charge on any atom is -0.491 e. The molecule has 1 aromatic carbocycles. The lowest BCUT2D eigenvalue weighted by Crippen LogP contribution is -2.42. The number of hydrogen-bond acceptors (Lipinski definition) is 4. The van der Waals surface area contributed by atoms with Gasteiger partial charge in [0.25, 0.3) is 0 Å². The maximum atomic E-state index is 11.6. The van der Waals surface area contributed by atoms with E-state index in [1.54, 1.807) is 7.11 Å². The van der Waals surface area contributed by atoms with Crippen molar-refractivity contribution in [2.75, 3.05) is 33.1 Å². The fourth-order valence-corrected chi connectivity index (χ4v) is 3.18. The van der Waals surface area contributed by atoms with Gasteiger partial charge in [0.15, 0.2) is 0 Å². The zero-order chi connectivity index (χ0) is 14.8. The fraction of sp³-hybridized carbons (Fsp3) is 0.571. The summed E-state index contributed by atoms with van der Waals surface area (Å²) >= 11 is 0. The Morgan fingerprint density at radius 1 is 1.30 bits per heavy atom. The molecule has 2 rings (SSSR count). The Morgan fingerprint density at radius 2 is 1.95 bits per heavy atom. The van der Waals surface area contributed by atoms with Crippen molar-refractivity contribution < 1.29 is 17.9 Å². The molecule has 1 fully saturated rings. The highest BCUT2D eigenvalue weighted by molar-refractivity contribution is 7.88. The minimum absolute atomic E-state index is 0.341. The van der Waals surface area contributed by atoms with E-state index in [1.807, 2.05) is 31.2 Å². The molecule has 1 atom stereocenters. The molecule has 0 unspecified atom stereocenters. The van der Waals surface area contributed by atoms with Gasteiger partial charge in [-0.1, -0.05) is 17.7 Å². The van der Waals surface area contributed by atoms with Gasteiger partial charge in [0.1, 0.15) is 18.0 Å². The van der Waals surface area contributed by atoms with Crippen LogP contribution in [0.4, 0.5) is 0 Å². The normalized spacial score (nSPS) is 23.9. The van der Waals surface area contributed by atoms with E-state index in [0.717, 1.165) is 5.75 Å². The molecular weight excluding hydrogens is 278 g/mol. The summed E-state index contributed by atoms with van der Waals surface area (Å²) in [4.78, 5) is 0. The topological polar surface area (TPSA) is 55.8 Å². The number of rotatable bonds is 5. The highest BCUT2D eigenvalue weighted by atomic mass is 32.2. The second-order valence-electron chi connectivity index (χ2n) is 5.34. The predicted molar refractivity (Wildman–Crippen MR) is 77.4 cm³/mol. The smallest absolute Gasteiger partial charge is 0.211 e. The van der Waals surface area contributed by atoms with Crippen molar-refractivity contribution in [2.45, 2.75) is 18.9 Å². The Balaban J connectivity index is 2.01. The molecule has 0 N–H and O–H groups in total. The molecular formula is C14H21NO4S. The quantitative estimate of drug-likeness (QED) is 0.825. The van der Waals surface area contributed by atoms with Crippen LogP contribution in [0.1, 0.15) is 12.0 Å². The summed E-state index contributed by atoms with van der Waals surface area (Å²) in [5.41, 5.74) is 0.608. The zero-order valence-electron chi connectivity index (χ0n) is 12.1. The Labute approximate surface area is 120 Å². The van der Waals surface area contributed by atoms with Gasteiger partial charge >= 0.3 is 0 Å². The number of methoxy groups -OCH3 is 1. The number of sulfonamides is 1. The molecule has 0 saturated carbocycles.